The maximum absolute atomic E-state index is 11.3. The lowest BCUT2D eigenvalue weighted by molar-refractivity contribution is -0.371. The van der Waals surface area contributed by atoms with E-state index in [0.717, 1.165) is 0 Å². The van der Waals surface area contributed by atoms with Crippen molar-refractivity contribution in [3.8, 4) is 0 Å². The van der Waals surface area contributed by atoms with E-state index < -0.39 is 187 Å². The van der Waals surface area contributed by atoms with Crippen molar-refractivity contribution in [3.63, 3.8) is 0 Å². The quantitative estimate of drug-likeness (QED) is 0.0819. The minimum atomic E-state index is -2.03. The zero-order valence-corrected chi connectivity index (χ0v) is 29.2. The van der Waals surface area contributed by atoms with E-state index in [-0.39, 0.29) is 0 Å². The van der Waals surface area contributed by atoms with E-state index in [9.17, 15) is 86.8 Å². The molecule has 5 heterocycles. The van der Waals surface area contributed by atoms with Crippen LogP contribution < -0.4 is 0 Å². The Morgan fingerprint density at radius 2 is 0.625 bits per heavy atom. The van der Waals surface area contributed by atoms with Crippen LogP contribution in [0.5, 0.6) is 0 Å². The molecule has 0 amide bonds. The maximum Gasteiger partial charge on any atom is 0.187 e. The van der Waals surface area contributed by atoms with Gasteiger partial charge in [-0.3, -0.25) is 0 Å². The fourth-order valence-corrected chi connectivity index (χ4v) is 6.71. The van der Waals surface area contributed by atoms with Gasteiger partial charge in [0.25, 0.3) is 0 Å². The van der Waals surface area contributed by atoms with Crippen LogP contribution in [0, 0.1) is 0 Å². The number of ether oxygens (including phenoxy) is 9. The molecule has 5 fully saturated rings. The summed E-state index contributed by atoms with van der Waals surface area (Å²) in [4.78, 5) is 0. The minimum absolute atomic E-state index is 0.706. The van der Waals surface area contributed by atoms with Crippen molar-refractivity contribution >= 4 is 0 Å². The van der Waals surface area contributed by atoms with Gasteiger partial charge in [0.15, 0.2) is 31.5 Å². The Bertz CT molecular complexity index is 1200. The third-order valence-electron chi connectivity index (χ3n) is 10.3. The summed E-state index contributed by atoms with van der Waals surface area (Å²) in [6, 6.07) is 0. The average molecular weight is 829 g/mol. The molecule has 5 saturated heterocycles. The van der Waals surface area contributed by atoms with Crippen LogP contribution in [0.25, 0.3) is 0 Å². The monoisotopic (exact) mass is 828 g/mol. The van der Waals surface area contributed by atoms with Crippen LogP contribution in [0.1, 0.15) is 0 Å². The Morgan fingerprint density at radius 1 is 0.304 bits per heavy atom. The van der Waals surface area contributed by atoms with Crippen LogP contribution in [0.2, 0.25) is 0 Å². The molecule has 0 radical (unpaired) electrons. The van der Waals surface area contributed by atoms with Crippen LogP contribution in [-0.4, -0.2) is 273 Å². The van der Waals surface area contributed by atoms with Gasteiger partial charge in [-0.05, 0) is 0 Å². The van der Waals surface area contributed by atoms with Crippen LogP contribution >= 0.6 is 0 Å². The van der Waals surface area contributed by atoms with E-state index in [1.165, 1.54) is 0 Å². The second-order valence-electron chi connectivity index (χ2n) is 14.1. The Balaban J connectivity index is 1.28. The molecule has 0 aromatic heterocycles. The zero-order valence-electron chi connectivity index (χ0n) is 29.2. The molecule has 328 valence electrons. The zero-order chi connectivity index (χ0) is 41.3. The number of aliphatic hydroxyl groups is 17. The summed E-state index contributed by atoms with van der Waals surface area (Å²) in [6.07, 6.45) is -45.3. The molecule has 0 aliphatic carbocycles. The van der Waals surface area contributed by atoms with Crippen molar-refractivity contribution in [2.45, 2.75) is 154 Å². The summed E-state index contributed by atoms with van der Waals surface area (Å²) in [5.74, 6) is 0. The van der Waals surface area contributed by atoms with Gasteiger partial charge in [-0.25, -0.2) is 0 Å². The smallest absolute Gasteiger partial charge is 0.187 e. The predicted octanol–water partition coefficient (Wildman–Crippen LogP) is -11.9. The van der Waals surface area contributed by atoms with Crippen molar-refractivity contribution in [2.24, 2.45) is 0 Å². The molecule has 0 saturated carbocycles. The standard InChI is InChI=1S/C30H52O26/c31-1-6-11(33)17(39)21(43)27(52-6)48-4-9-14(36)19(41)22(44)28(54-9)49-5-10-15(37)25(56-30-23(45)18(40)12(34)7(2-32)53-30)24(46)29(55-10)50-3-8-13(35)16(38)20(42)26(47)51-8/h6-47H,1-5H2/t6-,7-,8-,9-,10-,11-,12-,13-,14-,15-,16+,17+,18+,19+,20-,21-,22-,23-,24-,25+,26?,27+,28+,29+,30-/m1/s1. The molecule has 0 bridgehead atoms. The van der Waals surface area contributed by atoms with Crippen LogP contribution in [0.4, 0.5) is 0 Å². The maximum atomic E-state index is 11.3. The highest BCUT2D eigenvalue weighted by Crippen LogP contribution is 2.32. The third-order valence-corrected chi connectivity index (χ3v) is 10.3. The van der Waals surface area contributed by atoms with Gasteiger partial charge in [0.1, 0.15) is 122 Å². The largest absolute Gasteiger partial charge is 0.394 e. The molecule has 25 atom stereocenters. The average Bonchev–Trinajstić information content (AvgIpc) is 3.18. The lowest BCUT2D eigenvalue weighted by Crippen LogP contribution is -2.65. The Morgan fingerprint density at radius 3 is 1.07 bits per heavy atom. The second-order valence-corrected chi connectivity index (χ2v) is 14.1. The summed E-state index contributed by atoms with van der Waals surface area (Å²) in [5.41, 5.74) is 0. The summed E-state index contributed by atoms with van der Waals surface area (Å²) >= 11 is 0. The van der Waals surface area contributed by atoms with Gasteiger partial charge in [-0.2, -0.15) is 0 Å². The molecule has 17 N–H and O–H groups in total. The fraction of sp³-hybridized carbons (Fsp3) is 1.00. The van der Waals surface area contributed by atoms with E-state index in [1.807, 2.05) is 0 Å². The first kappa shape index (κ1) is 46.0. The number of hydrogen-bond acceptors (Lipinski definition) is 26. The Hall–Kier alpha value is -1.04. The van der Waals surface area contributed by atoms with Crippen molar-refractivity contribution < 1.29 is 129 Å². The highest BCUT2D eigenvalue weighted by Gasteiger charge is 2.53. The lowest BCUT2D eigenvalue weighted by Gasteiger charge is -2.47. The molecule has 1 unspecified atom stereocenters. The van der Waals surface area contributed by atoms with Gasteiger partial charge in [0.05, 0.1) is 33.0 Å². The van der Waals surface area contributed by atoms with Crippen LogP contribution in [-0.2, 0) is 42.6 Å². The van der Waals surface area contributed by atoms with Crippen LogP contribution in [0.15, 0.2) is 0 Å². The molecule has 0 aromatic rings. The van der Waals surface area contributed by atoms with Crippen molar-refractivity contribution in [1.82, 2.24) is 0 Å². The van der Waals surface area contributed by atoms with E-state index in [1.54, 1.807) is 0 Å². The SMILES string of the molecule is OC[C@H]1O[C@H](OC[C@H]2O[C@H](OC[C@H]3O[C@H](OC[C@H]4OC(O)[C@H](O)[C@@H](O)[C@@H]4O)[C@H](O)[C@@H](O[C@H]4O[C@H](CO)[C@@H](O)[C@H](O)[C@H]4O)[C@@H]3O)[C@H](O)[C@@H](O)[C@@H]2O)[C@H](O)[C@@H](O)[C@@H]1O. The Labute approximate surface area is 316 Å². The van der Waals surface area contributed by atoms with Gasteiger partial charge < -0.3 is 129 Å². The van der Waals surface area contributed by atoms with Gasteiger partial charge in [0, 0.05) is 0 Å². The molecule has 26 heteroatoms. The first-order valence-corrected chi connectivity index (χ1v) is 17.6. The van der Waals surface area contributed by atoms with Crippen LogP contribution in [0.3, 0.4) is 0 Å². The van der Waals surface area contributed by atoms with Crippen molar-refractivity contribution in [2.75, 3.05) is 33.0 Å². The van der Waals surface area contributed by atoms with Crippen molar-refractivity contribution in [3.05, 3.63) is 0 Å². The summed E-state index contributed by atoms with van der Waals surface area (Å²) < 4.78 is 49.0. The van der Waals surface area contributed by atoms with E-state index in [0.29, 0.717) is 0 Å². The molecular weight excluding hydrogens is 776 g/mol. The van der Waals surface area contributed by atoms with Gasteiger partial charge in [-0.1, -0.05) is 0 Å². The molecule has 5 aliphatic rings. The minimum Gasteiger partial charge on any atom is -0.394 e. The lowest BCUT2D eigenvalue weighted by atomic mass is 9.96. The molecule has 0 spiro atoms. The summed E-state index contributed by atoms with van der Waals surface area (Å²) in [5, 5.41) is 175. The fourth-order valence-electron chi connectivity index (χ4n) is 6.71. The Kier molecular flexibility index (Phi) is 16.1. The normalized spacial score (nSPS) is 53.2. The first-order chi connectivity index (χ1) is 26.4. The first-order valence-electron chi connectivity index (χ1n) is 17.6. The molecule has 5 aliphatic heterocycles. The van der Waals surface area contributed by atoms with E-state index in [2.05, 4.69) is 0 Å². The molecule has 56 heavy (non-hydrogen) atoms. The van der Waals surface area contributed by atoms with Gasteiger partial charge >= 0.3 is 0 Å². The third kappa shape index (κ3) is 9.61. The van der Waals surface area contributed by atoms with E-state index in [4.69, 9.17) is 42.6 Å². The number of hydrogen-bond donors (Lipinski definition) is 17. The van der Waals surface area contributed by atoms with Crippen molar-refractivity contribution in [1.29, 1.82) is 0 Å². The van der Waals surface area contributed by atoms with Gasteiger partial charge in [-0.15, -0.1) is 0 Å². The molecule has 5 rings (SSSR count). The number of rotatable bonds is 13. The molecule has 0 aromatic carbocycles. The molecular formula is C30H52O26. The summed E-state index contributed by atoms with van der Waals surface area (Å²) in [7, 11) is 0. The second kappa shape index (κ2) is 19.6. The molecule has 26 nitrogen and oxygen atoms in total. The van der Waals surface area contributed by atoms with E-state index >= 15 is 0 Å². The predicted molar refractivity (Wildman–Crippen MR) is 167 cm³/mol. The number of aliphatic hydroxyl groups excluding tert-OH is 17. The topological polar surface area (TPSA) is 427 Å². The highest BCUT2D eigenvalue weighted by molar-refractivity contribution is 4.96. The highest BCUT2D eigenvalue weighted by atomic mass is 16.8. The summed E-state index contributed by atoms with van der Waals surface area (Å²) in [6.45, 7) is -3.92. The van der Waals surface area contributed by atoms with Gasteiger partial charge in [0.2, 0.25) is 0 Å².